The van der Waals surface area contributed by atoms with E-state index in [1.165, 1.54) is 6.07 Å². The molecule has 0 radical (unpaired) electrons. The Kier molecular flexibility index (Phi) is 1.88. The first-order chi connectivity index (χ1) is 6.18. The average Bonchev–Trinajstić information content (AvgIpc) is 2.12. The zero-order valence-corrected chi connectivity index (χ0v) is 7.56. The van der Waals surface area contributed by atoms with E-state index >= 15 is 0 Å². The van der Waals surface area contributed by atoms with Crippen molar-refractivity contribution in [2.45, 2.75) is 12.8 Å². The van der Waals surface area contributed by atoms with Crippen LogP contribution in [0, 0.1) is 0 Å². The maximum atomic E-state index is 11.0. The number of aromatic hydroxyl groups is 1. The standard InChI is InChI=1S/C9H8ClNO2/c10-9-5-1-4-8(13)11-6(5)2-3-7(9)12/h2-3,12H,1,4H2,(H,11,13). The fourth-order valence-corrected chi connectivity index (χ4v) is 1.68. The first kappa shape index (κ1) is 8.38. The molecule has 68 valence electrons. The number of benzene rings is 1. The van der Waals surface area contributed by atoms with Gasteiger partial charge in [0.2, 0.25) is 5.91 Å². The summed E-state index contributed by atoms with van der Waals surface area (Å²) >= 11 is 5.86. The van der Waals surface area contributed by atoms with Gasteiger partial charge >= 0.3 is 0 Å². The zero-order valence-electron chi connectivity index (χ0n) is 6.80. The number of fused-ring (bicyclic) bond motifs is 1. The van der Waals surface area contributed by atoms with Crippen LogP contribution < -0.4 is 5.32 Å². The van der Waals surface area contributed by atoms with Crippen LogP contribution in [0.25, 0.3) is 0 Å². The first-order valence-electron chi connectivity index (χ1n) is 3.98. The van der Waals surface area contributed by atoms with E-state index < -0.39 is 0 Å². The molecule has 2 N–H and O–H groups in total. The monoisotopic (exact) mass is 197 g/mol. The fraction of sp³-hybridized carbons (Fsp3) is 0.222. The summed E-state index contributed by atoms with van der Waals surface area (Å²) in [7, 11) is 0. The SMILES string of the molecule is O=C1CCc2c(ccc(O)c2Cl)N1. The number of amides is 1. The largest absolute Gasteiger partial charge is 0.506 e. The predicted octanol–water partition coefficient (Wildman–Crippen LogP) is 1.93. The summed E-state index contributed by atoms with van der Waals surface area (Å²) in [6, 6.07) is 3.14. The summed E-state index contributed by atoms with van der Waals surface area (Å²) < 4.78 is 0. The maximum Gasteiger partial charge on any atom is 0.224 e. The molecule has 1 aromatic rings. The Morgan fingerprint density at radius 1 is 1.38 bits per heavy atom. The highest BCUT2D eigenvalue weighted by molar-refractivity contribution is 6.33. The third-order valence-corrected chi connectivity index (χ3v) is 2.52. The quantitative estimate of drug-likeness (QED) is 0.625. The normalized spacial score (nSPS) is 15.0. The minimum absolute atomic E-state index is 0.00532. The number of carbonyl (C=O) groups is 1. The number of hydrogen-bond donors (Lipinski definition) is 2. The smallest absolute Gasteiger partial charge is 0.224 e. The molecule has 1 aliphatic heterocycles. The van der Waals surface area contributed by atoms with Gasteiger partial charge in [-0.05, 0) is 24.1 Å². The summed E-state index contributed by atoms with van der Waals surface area (Å²) in [4.78, 5) is 11.0. The minimum Gasteiger partial charge on any atom is -0.506 e. The van der Waals surface area contributed by atoms with Crippen LogP contribution in [0.3, 0.4) is 0 Å². The number of phenolic OH excluding ortho intramolecular Hbond substituents is 1. The Labute approximate surface area is 80.3 Å². The van der Waals surface area contributed by atoms with Crippen molar-refractivity contribution in [2.24, 2.45) is 0 Å². The Morgan fingerprint density at radius 2 is 2.15 bits per heavy atom. The van der Waals surface area contributed by atoms with Gasteiger partial charge in [-0.25, -0.2) is 0 Å². The lowest BCUT2D eigenvalue weighted by Crippen LogP contribution is -2.19. The van der Waals surface area contributed by atoms with Crippen LogP contribution in [-0.4, -0.2) is 11.0 Å². The Bertz CT molecular complexity index is 376. The lowest BCUT2D eigenvalue weighted by Gasteiger charge is -2.17. The molecule has 1 aromatic carbocycles. The summed E-state index contributed by atoms with van der Waals surface area (Å²) in [6.45, 7) is 0. The molecule has 0 saturated heterocycles. The van der Waals surface area contributed by atoms with Crippen molar-refractivity contribution >= 4 is 23.2 Å². The van der Waals surface area contributed by atoms with Crippen molar-refractivity contribution in [2.75, 3.05) is 5.32 Å². The van der Waals surface area contributed by atoms with Gasteiger partial charge in [0, 0.05) is 12.1 Å². The second-order valence-electron chi connectivity index (χ2n) is 2.97. The molecule has 0 spiro atoms. The number of carbonyl (C=O) groups excluding carboxylic acids is 1. The fourth-order valence-electron chi connectivity index (χ4n) is 1.42. The van der Waals surface area contributed by atoms with Crippen LogP contribution in [0.15, 0.2) is 12.1 Å². The number of hydrogen-bond acceptors (Lipinski definition) is 2. The number of phenols is 1. The molecule has 0 saturated carbocycles. The molecule has 0 aromatic heterocycles. The van der Waals surface area contributed by atoms with Crippen molar-refractivity contribution < 1.29 is 9.90 Å². The second-order valence-corrected chi connectivity index (χ2v) is 3.35. The Hall–Kier alpha value is -1.22. The van der Waals surface area contributed by atoms with Gasteiger partial charge in [0.05, 0.1) is 5.02 Å². The van der Waals surface area contributed by atoms with E-state index in [1.54, 1.807) is 6.07 Å². The lowest BCUT2D eigenvalue weighted by atomic mass is 10.0. The van der Waals surface area contributed by atoms with Crippen LogP contribution >= 0.6 is 11.6 Å². The van der Waals surface area contributed by atoms with E-state index in [0.29, 0.717) is 23.6 Å². The van der Waals surface area contributed by atoms with Crippen LogP contribution in [0.4, 0.5) is 5.69 Å². The van der Waals surface area contributed by atoms with Crippen molar-refractivity contribution in [1.29, 1.82) is 0 Å². The molecule has 13 heavy (non-hydrogen) atoms. The average molecular weight is 198 g/mol. The van der Waals surface area contributed by atoms with Crippen molar-refractivity contribution in [3.63, 3.8) is 0 Å². The van der Waals surface area contributed by atoms with Gasteiger partial charge in [-0.2, -0.15) is 0 Å². The number of halogens is 1. The Morgan fingerprint density at radius 3 is 2.92 bits per heavy atom. The van der Waals surface area contributed by atoms with E-state index in [-0.39, 0.29) is 11.7 Å². The Balaban J connectivity index is 2.53. The summed E-state index contributed by atoms with van der Waals surface area (Å²) in [5, 5.41) is 12.3. The van der Waals surface area contributed by atoms with Gasteiger partial charge in [0.15, 0.2) is 0 Å². The van der Waals surface area contributed by atoms with Gasteiger partial charge in [0.25, 0.3) is 0 Å². The van der Waals surface area contributed by atoms with Crippen LogP contribution in [-0.2, 0) is 11.2 Å². The summed E-state index contributed by atoms with van der Waals surface area (Å²) in [5.41, 5.74) is 1.53. The number of rotatable bonds is 0. The molecule has 0 atom stereocenters. The third kappa shape index (κ3) is 1.35. The molecule has 0 fully saturated rings. The molecule has 1 heterocycles. The highest BCUT2D eigenvalue weighted by Crippen LogP contribution is 2.35. The summed E-state index contributed by atoms with van der Waals surface area (Å²) in [5.74, 6) is 0.0609. The van der Waals surface area contributed by atoms with Gasteiger partial charge in [-0.1, -0.05) is 11.6 Å². The van der Waals surface area contributed by atoms with Crippen molar-refractivity contribution in [3.05, 3.63) is 22.7 Å². The van der Waals surface area contributed by atoms with E-state index in [9.17, 15) is 9.90 Å². The summed E-state index contributed by atoms with van der Waals surface area (Å²) in [6.07, 6.45) is 1.02. The zero-order chi connectivity index (χ0) is 9.42. The molecule has 3 nitrogen and oxygen atoms in total. The molecular formula is C9H8ClNO2. The van der Waals surface area contributed by atoms with Gasteiger partial charge in [0.1, 0.15) is 5.75 Å². The third-order valence-electron chi connectivity index (χ3n) is 2.10. The number of anilines is 1. The van der Waals surface area contributed by atoms with Gasteiger partial charge < -0.3 is 10.4 Å². The molecule has 0 bridgehead atoms. The molecule has 0 unspecified atom stereocenters. The van der Waals surface area contributed by atoms with Crippen molar-refractivity contribution in [3.8, 4) is 5.75 Å². The maximum absolute atomic E-state index is 11.0. The van der Waals surface area contributed by atoms with E-state index in [2.05, 4.69) is 5.32 Å². The highest BCUT2D eigenvalue weighted by atomic mass is 35.5. The second kappa shape index (κ2) is 2.92. The highest BCUT2D eigenvalue weighted by Gasteiger charge is 2.18. The molecule has 1 amide bonds. The minimum atomic E-state index is -0.00532. The van der Waals surface area contributed by atoms with Crippen LogP contribution in [0.2, 0.25) is 5.02 Å². The molecule has 2 rings (SSSR count). The molecule has 1 aliphatic rings. The van der Waals surface area contributed by atoms with E-state index in [0.717, 1.165) is 5.56 Å². The predicted molar refractivity (Wildman–Crippen MR) is 50.1 cm³/mol. The lowest BCUT2D eigenvalue weighted by molar-refractivity contribution is -0.116. The van der Waals surface area contributed by atoms with E-state index in [1.807, 2.05) is 0 Å². The van der Waals surface area contributed by atoms with Gasteiger partial charge in [-0.15, -0.1) is 0 Å². The van der Waals surface area contributed by atoms with E-state index in [4.69, 9.17) is 11.6 Å². The first-order valence-corrected chi connectivity index (χ1v) is 4.36. The van der Waals surface area contributed by atoms with Gasteiger partial charge in [-0.3, -0.25) is 4.79 Å². The molecule has 0 aliphatic carbocycles. The van der Waals surface area contributed by atoms with Crippen LogP contribution in [0.1, 0.15) is 12.0 Å². The molecular weight excluding hydrogens is 190 g/mol. The number of nitrogens with one attached hydrogen (secondary N) is 1. The topological polar surface area (TPSA) is 49.3 Å². The van der Waals surface area contributed by atoms with Crippen LogP contribution in [0.5, 0.6) is 5.75 Å². The van der Waals surface area contributed by atoms with Crippen molar-refractivity contribution in [1.82, 2.24) is 0 Å². The molecule has 4 heteroatoms.